The van der Waals surface area contributed by atoms with Crippen LogP contribution in [0.2, 0.25) is 0 Å². The van der Waals surface area contributed by atoms with Crippen LogP contribution >= 0.6 is 0 Å². The molecule has 1 aromatic heterocycles. The maximum Gasteiger partial charge on any atom is 0.0519 e. The molecule has 0 aliphatic carbocycles. The molecule has 1 saturated heterocycles. The van der Waals surface area contributed by atoms with Crippen molar-refractivity contribution in [1.82, 2.24) is 15.5 Å². The van der Waals surface area contributed by atoms with Gasteiger partial charge >= 0.3 is 0 Å². The molecule has 66 valence electrons. The Labute approximate surface area is 72.6 Å². The normalized spacial score (nSPS) is 24.2. The van der Waals surface area contributed by atoms with E-state index >= 15 is 0 Å². The molecule has 1 unspecified atom stereocenters. The van der Waals surface area contributed by atoms with Crippen LogP contribution in [-0.2, 0) is 6.42 Å². The van der Waals surface area contributed by atoms with Crippen molar-refractivity contribution in [3.8, 4) is 0 Å². The third-order valence-electron chi connectivity index (χ3n) is 2.48. The number of piperidine rings is 1. The van der Waals surface area contributed by atoms with E-state index in [1.54, 1.807) is 0 Å². The van der Waals surface area contributed by atoms with Gasteiger partial charge in [0.15, 0.2) is 0 Å². The lowest BCUT2D eigenvalue weighted by molar-refractivity contribution is 0.376. The number of hydrogen-bond acceptors (Lipinski definition) is 2. The van der Waals surface area contributed by atoms with E-state index < -0.39 is 0 Å². The fraction of sp³-hybridized carbons (Fsp3) is 0.667. The number of aromatic amines is 1. The fourth-order valence-corrected chi connectivity index (χ4v) is 1.82. The highest BCUT2D eigenvalue weighted by molar-refractivity contribution is 5.03. The largest absolute Gasteiger partial charge is 0.316 e. The van der Waals surface area contributed by atoms with Gasteiger partial charge in [0.2, 0.25) is 0 Å². The Morgan fingerprint density at radius 2 is 2.58 bits per heavy atom. The van der Waals surface area contributed by atoms with Gasteiger partial charge in [0.1, 0.15) is 0 Å². The van der Waals surface area contributed by atoms with E-state index in [9.17, 15) is 0 Å². The van der Waals surface area contributed by atoms with Crippen molar-refractivity contribution in [3.63, 3.8) is 0 Å². The average molecular weight is 165 g/mol. The molecule has 2 N–H and O–H groups in total. The first-order chi connectivity index (χ1) is 5.95. The van der Waals surface area contributed by atoms with E-state index in [2.05, 4.69) is 15.5 Å². The van der Waals surface area contributed by atoms with Crippen LogP contribution in [0, 0.1) is 5.92 Å². The predicted octanol–water partition coefficient (Wildman–Crippen LogP) is 0.952. The van der Waals surface area contributed by atoms with Gasteiger partial charge in [0.25, 0.3) is 0 Å². The van der Waals surface area contributed by atoms with Crippen LogP contribution in [0.4, 0.5) is 0 Å². The van der Waals surface area contributed by atoms with Crippen molar-refractivity contribution in [2.45, 2.75) is 19.3 Å². The van der Waals surface area contributed by atoms with E-state index in [0.717, 1.165) is 5.92 Å². The predicted molar refractivity (Wildman–Crippen MR) is 47.9 cm³/mol. The van der Waals surface area contributed by atoms with Gasteiger partial charge in [-0.1, -0.05) is 0 Å². The molecule has 0 saturated carbocycles. The molecule has 0 spiro atoms. The summed E-state index contributed by atoms with van der Waals surface area (Å²) in [5, 5.41) is 10.2. The van der Waals surface area contributed by atoms with Crippen molar-refractivity contribution in [1.29, 1.82) is 0 Å². The Hall–Kier alpha value is -0.830. The van der Waals surface area contributed by atoms with Crippen LogP contribution in [0.3, 0.4) is 0 Å². The van der Waals surface area contributed by atoms with Crippen LogP contribution in [0.15, 0.2) is 12.4 Å². The number of nitrogens with one attached hydrogen (secondary N) is 2. The lowest BCUT2D eigenvalue weighted by atomic mass is 9.94. The highest BCUT2D eigenvalue weighted by Gasteiger charge is 2.13. The molecule has 0 amide bonds. The zero-order chi connectivity index (χ0) is 8.23. The Bertz CT molecular complexity index is 212. The highest BCUT2D eigenvalue weighted by atomic mass is 15.1. The molecule has 2 heterocycles. The highest BCUT2D eigenvalue weighted by Crippen LogP contribution is 2.14. The monoisotopic (exact) mass is 165 g/mol. The van der Waals surface area contributed by atoms with E-state index in [1.807, 2.05) is 12.4 Å². The minimum Gasteiger partial charge on any atom is -0.316 e. The lowest BCUT2D eigenvalue weighted by Crippen LogP contribution is -2.30. The summed E-state index contributed by atoms with van der Waals surface area (Å²) in [7, 11) is 0. The molecule has 1 aliphatic rings. The minimum absolute atomic E-state index is 0.816. The van der Waals surface area contributed by atoms with E-state index in [-0.39, 0.29) is 0 Å². The molecule has 12 heavy (non-hydrogen) atoms. The summed E-state index contributed by atoms with van der Waals surface area (Å²) in [6.07, 6.45) is 7.77. The second kappa shape index (κ2) is 3.72. The fourth-order valence-electron chi connectivity index (χ4n) is 1.82. The Morgan fingerprint density at radius 3 is 3.25 bits per heavy atom. The van der Waals surface area contributed by atoms with Crippen LogP contribution in [0.25, 0.3) is 0 Å². The topological polar surface area (TPSA) is 40.7 Å². The summed E-state index contributed by atoms with van der Waals surface area (Å²) in [5.74, 6) is 0.816. The van der Waals surface area contributed by atoms with Crippen molar-refractivity contribution in [2.75, 3.05) is 13.1 Å². The lowest BCUT2D eigenvalue weighted by Gasteiger charge is -2.21. The molecule has 1 fully saturated rings. The molecule has 0 aromatic carbocycles. The third kappa shape index (κ3) is 1.85. The quantitative estimate of drug-likeness (QED) is 0.685. The van der Waals surface area contributed by atoms with Crippen molar-refractivity contribution < 1.29 is 0 Å². The molecule has 3 nitrogen and oxygen atoms in total. The van der Waals surface area contributed by atoms with Gasteiger partial charge in [0.05, 0.1) is 6.20 Å². The van der Waals surface area contributed by atoms with Crippen LogP contribution in [-0.4, -0.2) is 23.3 Å². The molecule has 2 rings (SSSR count). The van der Waals surface area contributed by atoms with Gasteiger partial charge in [-0.15, -0.1) is 0 Å². The molecule has 1 aliphatic heterocycles. The zero-order valence-corrected chi connectivity index (χ0v) is 7.21. The third-order valence-corrected chi connectivity index (χ3v) is 2.48. The zero-order valence-electron chi connectivity index (χ0n) is 7.21. The van der Waals surface area contributed by atoms with Gasteiger partial charge in [-0.25, -0.2) is 0 Å². The Morgan fingerprint density at radius 1 is 1.58 bits per heavy atom. The average Bonchev–Trinajstić information content (AvgIpc) is 2.59. The van der Waals surface area contributed by atoms with Crippen LogP contribution in [0.1, 0.15) is 18.4 Å². The minimum atomic E-state index is 0.816. The molecule has 0 bridgehead atoms. The standard InChI is InChI=1S/C9H15N3/c1-2-8(5-10-3-1)4-9-6-11-12-7-9/h6-8,10H,1-5H2,(H,11,12). The summed E-state index contributed by atoms with van der Waals surface area (Å²) in [5.41, 5.74) is 1.34. The van der Waals surface area contributed by atoms with Crippen molar-refractivity contribution in [2.24, 2.45) is 5.92 Å². The molecular formula is C9H15N3. The second-order valence-electron chi connectivity index (χ2n) is 3.52. The van der Waals surface area contributed by atoms with Gasteiger partial charge < -0.3 is 5.32 Å². The maximum absolute atomic E-state index is 3.94. The van der Waals surface area contributed by atoms with E-state index in [0.29, 0.717) is 0 Å². The first kappa shape index (κ1) is 7.80. The molecule has 0 radical (unpaired) electrons. The van der Waals surface area contributed by atoms with E-state index in [1.165, 1.54) is 37.9 Å². The summed E-state index contributed by atoms with van der Waals surface area (Å²) in [6.45, 7) is 2.37. The summed E-state index contributed by atoms with van der Waals surface area (Å²) < 4.78 is 0. The summed E-state index contributed by atoms with van der Waals surface area (Å²) >= 11 is 0. The van der Waals surface area contributed by atoms with E-state index in [4.69, 9.17) is 0 Å². The number of aromatic nitrogens is 2. The van der Waals surface area contributed by atoms with Gasteiger partial charge in [-0.3, -0.25) is 5.10 Å². The number of hydrogen-bond donors (Lipinski definition) is 2. The van der Waals surface area contributed by atoms with Gasteiger partial charge in [-0.05, 0) is 43.8 Å². The first-order valence-corrected chi connectivity index (χ1v) is 4.63. The van der Waals surface area contributed by atoms with Crippen molar-refractivity contribution >= 4 is 0 Å². The SMILES string of the molecule is c1n[nH]cc1CC1CCCNC1. The molecular weight excluding hydrogens is 150 g/mol. The van der Waals surface area contributed by atoms with Gasteiger partial charge in [0, 0.05) is 6.20 Å². The number of rotatable bonds is 2. The Kier molecular flexibility index (Phi) is 2.42. The Balaban J connectivity index is 1.86. The smallest absolute Gasteiger partial charge is 0.0519 e. The summed E-state index contributed by atoms with van der Waals surface area (Å²) in [4.78, 5) is 0. The second-order valence-corrected chi connectivity index (χ2v) is 3.52. The summed E-state index contributed by atoms with van der Waals surface area (Å²) in [6, 6.07) is 0. The van der Waals surface area contributed by atoms with Crippen LogP contribution in [0.5, 0.6) is 0 Å². The van der Waals surface area contributed by atoms with Crippen molar-refractivity contribution in [3.05, 3.63) is 18.0 Å². The molecule has 1 atom stereocenters. The number of nitrogens with zero attached hydrogens (tertiary/aromatic N) is 1. The first-order valence-electron chi connectivity index (χ1n) is 4.63. The number of H-pyrrole nitrogens is 1. The molecule has 1 aromatic rings. The van der Waals surface area contributed by atoms with Gasteiger partial charge in [-0.2, -0.15) is 5.10 Å². The molecule has 3 heteroatoms. The maximum atomic E-state index is 3.94. The van der Waals surface area contributed by atoms with Crippen LogP contribution < -0.4 is 5.32 Å².